The molecule has 1 aliphatic carbocycles. The average molecular weight is 353 g/mol. The van der Waals surface area contributed by atoms with E-state index < -0.39 is 27.5 Å². The van der Waals surface area contributed by atoms with Crippen LogP contribution in [0.2, 0.25) is 0 Å². The molecule has 1 saturated heterocycles. The van der Waals surface area contributed by atoms with E-state index in [2.05, 4.69) is 0 Å². The predicted molar refractivity (Wildman–Crippen MR) is 88.0 cm³/mol. The van der Waals surface area contributed by atoms with Crippen LogP contribution in [0.5, 0.6) is 0 Å². The number of piperidine rings is 1. The minimum atomic E-state index is -3.76. The number of aliphatic hydroxyl groups is 1. The van der Waals surface area contributed by atoms with Gasteiger partial charge in [0.2, 0.25) is 10.0 Å². The maximum Gasteiger partial charge on any atom is 0.313 e. The summed E-state index contributed by atoms with van der Waals surface area (Å²) in [6, 6.07) is 6.53. The number of carboxylic acid groups (broad SMARTS) is 1. The maximum atomic E-state index is 12.9. The second kappa shape index (κ2) is 6.13. The van der Waals surface area contributed by atoms with Crippen LogP contribution < -0.4 is 0 Å². The van der Waals surface area contributed by atoms with E-state index in [0.717, 1.165) is 18.4 Å². The van der Waals surface area contributed by atoms with Crippen LogP contribution in [-0.4, -0.2) is 48.1 Å². The molecule has 132 valence electrons. The van der Waals surface area contributed by atoms with Crippen molar-refractivity contribution in [3.63, 3.8) is 0 Å². The Morgan fingerprint density at radius 2 is 1.88 bits per heavy atom. The highest BCUT2D eigenvalue weighted by Gasteiger charge is 2.53. The Morgan fingerprint density at radius 1 is 1.25 bits per heavy atom. The molecule has 1 aromatic carbocycles. The lowest BCUT2D eigenvalue weighted by Crippen LogP contribution is -2.57. The summed E-state index contributed by atoms with van der Waals surface area (Å²) in [6.45, 7) is 1.84. The molecule has 24 heavy (non-hydrogen) atoms. The molecule has 1 aromatic rings. The van der Waals surface area contributed by atoms with Crippen molar-refractivity contribution < 1.29 is 23.4 Å². The predicted octanol–water partition coefficient (Wildman–Crippen LogP) is 1.62. The van der Waals surface area contributed by atoms with Crippen molar-refractivity contribution >= 4 is 16.0 Å². The van der Waals surface area contributed by atoms with Crippen molar-refractivity contribution in [2.75, 3.05) is 13.1 Å². The molecular weight excluding hydrogens is 330 g/mol. The molecule has 3 rings (SSSR count). The second-order valence-electron chi connectivity index (χ2n) is 7.06. The van der Waals surface area contributed by atoms with E-state index in [0.29, 0.717) is 6.42 Å². The molecule has 0 bridgehead atoms. The van der Waals surface area contributed by atoms with E-state index in [1.165, 1.54) is 4.31 Å². The van der Waals surface area contributed by atoms with E-state index in [1.54, 1.807) is 24.3 Å². The van der Waals surface area contributed by atoms with Gasteiger partial charge in [0.1, 0.15) is 5.41 Å². The van der Waals surface area contributed by atoms with Gasteiger partial charge in [-0.3, -0.25) is 4.79 Å². The highest BCUT2D eigenvalue weighted by Crippen LogP contribution is 2.45. The first kappa shape index (κ1) is 17.4. The van der Waals surface area contributed by atoms with E-state index in [1.807, 2.05) is 6.92 Å². The lowest BCUT2D eigenvalue weighted by atomic mass is 9.74. The largest absolute Gasteiger partial charge is 0.481 e. The quantitative estimate of drug-likeness (QED) is 0.839. The van der Waals surface area contributed by atoms with E-state index in [-0.39, 0.29) is 30.3 Å². The molecular formula is C17H23NO5S. The Morgan fingerprint density at radius 3 is 2.42 bits per heavy atom. The number of aliphatic hydroxyl groups excluding tert-OH is 1. The molecule has 0 amide bonds. The summed E-state index contributed by atoms with van der Waals surface area (Å²) in [4.78, 5) is 12.1. The molecule has 0 aromatic heterocycles. The van der Waals surface area contributed by atoms with Gasteiger partial charge in [0.25, 0.3) is 0 Å². The standard InChI is InChI=1S/C17H23NO5S/c1-12-2-6-14(7-3-12)24(22,23)18-9-8-15(19)17(11-18,16(20)21)10-13-4-5-13/h2-3,6-7,13,15,19H,4-5,8-11H2,1H3,(H,20,21)/t15-,17+/m1/s1. The van der Waals surface area contributed by atoms with Gasteiger partial charge in [0.15, 0.2) is 0 Å². The number of benzene rings is 1. The molecule has 1 aliphatic heterocycles. The third-order valence-electron chi connectivity index (χ3n) is 5.18. The molecule has 2 fully saturated rings. The number of hydrogen-bond donors (Lipinski definition) is 2. The van der Waals surface area contributed by atoms with Gasteiger partial charge in [-0.2, -0.15) is 4.31 Å². The molecule has 6 nitrogen and oxygen atoms in total. The molecule has 2 N–H and O–H groups in total. The first-order valence-electron chi connectivity index (χ1n) is 8.24. The zero-order valence-corrected chi connectivity index (χ0v) is 14.5. The van der Waals surface area contributed by atoms with E-state index in [9.17, 15) is 23.4 Å². The third kappa shape index (κ3) is 3.08. The van der Waals surface area contributed by atoms with Gasteiger partial charge >= 0.3 is 5.97 Å². The SMILES string of the molecule is Cc1ccc(S(=O)(=O)N2CC[C@@H](O)[C@@](CC3CC3)(C(=O)O)C2)cc1. The highest BCUT2D eigenvalue weighted by atomic mass is 32.2. The van der Waals surface area contributed by atoms with Crippen LogP contribution in [0.25, 0.3) is 0 Å². The Kier molecular flexibility index (Phi) is 4.44. The number of aliphatic carboxylic acids is 1. The van der Waals surface area contributed by atoms with Crippen LogP contribution in [0.15, 0.2) is 29.2 Å². The molecule has 1 saturated carbocycles. The van der Waals surface area contributed by atoms with Crippen LogP contribution in [0, 0.1) is 18.3 Å². The van der Waals surface area contributed by atoms with Crippen molar-refractivity contribution in [3.8, 4) is 0 Å². The zero-order chi connectivity index (χ0) is 17.5. The fourth-order valence-corrected chi connectivity index (χ4v) is 4.97. The van der Waals surface area contributed by atoms with E-state index >= 15 is 0 Å². The first-order chi connectivity index (χ1) is 11.3. The lowest BCUT2D eigenvalue weighted by molar-refractivity contribution is -0.162. The van der Waals surface area contributed by atoms with Gasteiger partial charge in [-0.1, -0.05) is 30.5 Å². The van der Waals surface area contributed by atoms with Crippen molar-refractivity contribution in [1.82, 2.24) is 4.31 Å². The molecule has 0 spiro atoms. The van der Waals surface area contributed by atoms with Gasteiger partial charge in [0, 0.05) is 13.1 Å². The number of sulfonamides is 1. The Bertz CT molecular complexity index is 726. The smallest absolute Gasteiger partial charge is 0.313 e. The molecule has 0 unspecified atom stereocenters. The third-order valence-corrected chi connectivity index (χ3v) is 7.04. The summed E-state index contributed by atoms with van der Waals surface area (Å²) in [5.74, 6) is -0.830. The number of nitrogens with zero attached hydrogens (tertiary/aromatic N) is 1. The van der Waals surface area contributed by atoms with Crippen molar-refractivity contribution in [1.29, 1.82) is 0 Å². The Balaban J connectivity index is 1.91. The van der Waals surface area contributed by atoms with Crippen LogP contribution in [-0.2, 0) is 14.8 Å². The molecule has 2 aliphatic rings. The molecule has 0 radical (unpaired) electrons. The van der Waals surface area contributed by atoms with Crippen LogP contribution in [0.3, 0.4) is 0 Å². The number of rotatable bonds is 5. The fraction of sp³-hybridized carbons (Fsp3) is 0.588. The molecule has 1 heterocycles. The maximum absolute atomic E-state index is 12.9. The summed E-state index contributed by atoms with van der Waals surface area (Å²) < 4.78 is 27.0. The first-order valence-corrected chi connectivity index (χ1v) is 9.68. The van der Waals surface area contributed by atoms with Crippen molar-refractivity contribution in [3.05, 3.63) is 29.8 Å². The molecule has 2 atom stereocenters. The van der Waals surface area contributed by atoms with Crippen LogP contribution in [0.4, 0.5) is 0 Å². The fourth-order valence-electron chi connectivity index (χ4n) is 3.44. The van der Waals surface area contributed by atoms with Gasteiger partial charge in [-0.25, -0.2) is 8.42 Å². The van der Waals surface area contributed by atoms with E-state index in [4.69, 9.17) is 0 Å². The number of carbonyl (C=O) groups is 1. The van der Waals surface area contributed by atoms with Crippen molar-refractivity contribution in [2.24, 2.45) is 11.3 Å². The minimum absolute atomic E-state index is 0.136. The normalized spacial score (nSPS) is 28.7. The summed E-state index contributed by atoms with van der Waals surface area (Å²) in [6.07, 6.45) is 1.37. The number of aryl methyl sites for hydroxylation is 1. The number of hydrogen-bond acceptors (Lipinski definition) is 4. The lowest BCUT2D eigenvalue weighted by Gasteiger charge is -2.42. The zero-order valence-electron chi connectivity index (χ0n) is 13.7. The van der Waals surface area contributed by atoms with Crippen LogP contribution >= 0.6 is 0 Å². The van der Waals surface area contributed by atoms with Gasteiger partial charge in [-0.05, 0) is 37.8 Å². The van der Waals surface area contributed by atoms with Gasteiger partial charge in [0.05, 0.1) is 11.0 Å². The number of carboxylic acids is 1. The monoisotopic (exact) mass is 353 g/mol. The Labute approximate surface area is 142 Å². The summed E-state index contributed by atoms with van der Waals surface area (Å²) >= 11 is 0. The molecule has 7 heteroatoms. The van der Waals surface area contributed by atoms with Gasteiger partial charge < -0.3 is 10.2 Å². The van der Waals surface area contributed by atoms with Gasteiger partial charge in [-0.15, -0.1) is 0 Å². The second-order valence-corrected chi connectivity index (χ2v) is 9.00. The Hall–Kier alpha value is -1.44. The average Bonchev–Trinajstić information content (AvgIpc) is 3.33. The summed E-state index contributed by atoms with van der Waals surface area (Å²) in [5.41, 5.74) is -0.450. The van der Waals surface area contributed by atoms with Crippen molar-refractivity contribution in [2.45, 2.75) is 43.6 Å². The topological polar surface area (TPSA) is 94.9 Å². The minimum Gasteiger partial charge on any atom is -0.481 e. The summed E-state index contributed by atoms with van der Waals surface area (Å²) in [5, 5.41) is 20.1. The van der Waals surface area contributed by atoms with Crippen LogP contribution in [0.1, 0.15) is 31.2 Å². The highest BCUT2D eigenvalue weighted by molar-refractivity contribution is 7.89. The summed E-state index contributed by atoms with van der Waals surface area (Å²) in [7, 11) is -3.76.